The van der Waals surface area contributed by atoms with E-state index in [4.69, 9.17) is 0 Å². The third-order valence-corrected chi connectivity index (χ3v) is 5.18. The molecule has 0 aliphatic heterocycles. The van der Waals surface area contributed by atoms with Gasteiger partial charge in [0.25, 0.3) is 11.8 Å². The highest BCUT2D eigenvalue weighted by molar-refractivity contribution is 5.98. The van der Waals surface area contributed by atoms with Gasteiger partial charge in [-0.2, -0.15) is 5.10 Å². The van der Waals surface area contributed by atoms with E-state index < -0.39 is 5.91 Å². The molecule has 0 unspecified atom stereocenters. The van der Waals surface area contributed by atoms with Crippen molar-refractivity contribution in [3.05, 3.63) is 71.2 Å². The van der Waals surface area contributed by atoms with E-state index in [0.29, 0.717) is 5.56 Å². The maximum absolute atomic E-state index is 12.3. The van der Waals surface area contributed by atoms with Gasteiger partial charge in [0.15, 0.2) is 0 Å². The Morgan fingerprint density at radius 1 is 1.09 bits per heavy atom. The predicted molar refractivity (Wildman–Crippen MR) is 127 cm³/mol. The standard InChI is InChI=1S/C24H30N6O2/c1-16(2)30-23(12-13-25-30)29-17(3)14-19(18(29)4)10-11-22(31)26-27-24(32)20-8-7-9-21(15-20)28(5)6/h7-16H,1-6H3,(H,26,31)(H,27,32)/b11-10+. The summed E-state index contributed by atoms with van der Waals surface area (Å²) in [7, 11) is 3.80. The number of benzene rings is 1. The van der Waals surface area contributed by atoms with E-state index in [1.807, 2.05) is 55.7 Å². The molecule has 0 aliphatic carbocycles. The Bertz CT molecular complexity index is 1150. The number of nitrogens with one attached hydrogen (secondary N) is 2. The highest BCUT2D eigenvalue weighted by atomic mass is 16.2. The molecule has 0 saturated carbocycles. The SMILES string of the molecule is Cc1cc(/C=C/C(=O)NNC(=O)c2cccc(N(C)C)c2)c(C)n1-c1ccnn1C(C)C. The molecule has 0 aliphatic rings. The van der Waals surface area contributed by atoms with Crippen molar-refractivity contribution in [3.63, 3.8) is 0 Å². The number of anilines is 1. The minimum absolute atomic E-state index is 0.230. The summed E-state index contributed by atoms with van der Waals surface area (Å²) in [6, 6.07) is 11.4. The second kappa shape index (κ2) is 9.55. The van der Waals surface area contributed by atoms with Crippen molar-refractivity contribution in [2.45, 2.75) is 33.7 Å². The molecule has 8 heteroatoms. The summed E-state index contributed by atoms with van der Waals surface area (Å²) in [5.41, 5.74) is 9.20. The molecule has 3 rings (SSSR count). The Kier molecular flexibility index (Phi) is 6.82. The van der Waals surface area contributed by atoms with Crippen molar-refractivity contribution in [3.8, 4) is 5.82 Å². The van der Waals surface area contributed by atoms with Gasteiger partial charge < -0.3 is 9.47 Å². The highest BCUT2D eigenvalue weighted by Gasteiger charge is 2.14. The molecule has 0 spiro atoms. The van der Waals surface area contributed by atoms with Gasteiger partial charge in [-0.25, -0.2) is 4.68 Å². The van der Waals surface area contributed by atoms with Gasteiger partial charge in [-0.05, 0) is 63.6 Å². The summed E-state index contributed by atoms with van der Waals surface area (Å²) in [6.07, 6.45) is 4.93. The van der Waals surface area contributed by atoms with Crippen LogP contribution < -0.4 is 15.8 Å². The lowest BCUT2D eigenvalue weighted by Gasteiger charge is -2.15. The van der Waals surface area contributed by atoms with Gasteiger partial charge in [0, 0.05) is 54.9 Å². The smallest absolute Gasteiger partial charge is 0.269 e. The van der Waals surface area contributed by atoms with Crippen LogP contribution in [-0.4, -0.2) is 40.3 Å². The summed E-state index contributed by atoms with van der Waals surface area (Å²) in [5, 5.41) is 4.41. The predicted octanol–water partition coefficient (Wildman–Crippen LogP) is 3.41. The van der Waals surface area contributed by atoms with Crippen molar-refractivity contribution in [2.24, 2.45) is 0 Å². The number of carbonyl (C=O) groups is 2. The van der Waals surface area contributed by atoms with Crippen LogP contribution in [0.5, 0.6) is 0 Å². The summed E-state index contributed by atoms with van der Waals surface area (Å²) >= 11 is 0. The fraction of sp³-hybridized carbons (Fsp3) is 0.292. The van der Waals surface area contributed by atoms with E-state index in [0.717, 1.165) is 28.5 Å². The van der Waals surface area contributed by atoms with Crippen molar-refractivity contribution in [1.82, 2.24) is 25.2 Å². The lowest BCUT2D eigenvalue weighted by atomic mass is 10.2. The van der Waals surface area contributed by atoms with Crippen LogP contribution in [0.4, 0.5) is 5.69 Å². The number of hydrazine groups is 1. The zero-order chi connectivity index (χ0) is 23.4. The van der Waals surface area contributed by atoms with Gasteiger partial charge >= 0.3 is 0 Å². The number of nitrogens with zero attached hydrogens (tertiary/aromatic N) is 4. The normalized spacial score (nSPS) is 11.2. The molecular formula is C24H30N6O2. The first-order valence-electron chi connectivity index (χ1n) is 10.5. The van der Waals surface area contributed by atoms with E-state index in [-0.39, 0.29) is 11.9 Å². The molecule has 2 N–H and O–H groups in total. The molecule has 0 radical (unpaired) electrons. The monoisotopic (exact) mass is 434 g/mol. The number of rotatable bonds is 6. The van der Waals surface area contributed by atoms with E-state index in [2.05, 4.69) is 34.4 Å². The van der Waals surface area contributed by atoms with E-state index in [1.165, 1.54) is 6.08 Å². The first-order chi connectivity index (χ1) is 15.2. The number of aromatic nitrogens is 3. The molecule has 3 aromatic rings. The zero-order valence-corrected chi connectivity index (χ0v) is 19.4. The van der Waals surface area contributed by atoms with Gasteiger partial charge in [0.1, 0.15) is 5.82 Å². The highest BCUT2D eigenvalue weighted by Crippen LogP contribution is 2.23. The number of amides is 2. The fourth-order valence-corrected chi connectivity index (χ4v) is 3.51. The lowest BCUT2D eigenvalue weighted by molar-refractivity contribution is -0.117. The average Bonchev–Trinajstić information content (AvgIpc) is 3.34. The molecule has 32 heavy (non-hydrogen) atoms. The van der Waals surface area contributed by atoms with Crippen LogP contribution in [0.1, 0.15) is 47.2 Å². The zero-order valence-electron chi connectivity index (χ0n) is 19.4. The van der Waals surface area contributed by atoms with Gasteiger partial charge in [-0.1, -0.05) is 6.07 Å². The van der Waals surface area contributed by atoms with Crippen LogP contribution >= 0.6 is 0 Å². The second-order valence-electron chi connectivity index (χ2n) is 8.11. The molecule has 0 fully saturated rings. The fourth-order valence-electron chi connectivity index (χ4n) is 3.51. The van der Waals surface area contributed by atoms with Crippen LogP contribution in [0.3, 0.4) is 0 Å². The number of hydrogen-bond donors (Lipinski definition) is 2. The molecular weight excluding hydrogens is 404 g/mol. The molecule has 0 saturated heterocycles. The molecule has 1 aromatic carbocycles. The Morgan fingerprint density at radius 2 is 1.84 bits per heavy atom. The van der Waals surface area contributed by atoms with E-state index in [1.54, 1.807) is 30.5 Å². The molecule has 0 bridgehead atoms. The quantitative estimate of drug-likeness (QED) is 0.460. The maximum atomic E-state index is 12.3. The summed E-state index contributed by atoms with van der Waals surface area (Å²) in [4.78, 5) is 26.5. The Labute approximate surface area is 188 Å². The van der Waals surface area contributed by atoms with Crippen molar-refractivity contribution >= 4 is 23.6 Å². The van der Waals surface area contributed by atoms with Gasteiger partial charge in [-0.15, -0.1) is 0 Å². The lowest BCUT2D eigenvalue weighted by Crippen LogP contribution is -2.40. The number of hydrogen-bond acceptors (Lipinski definition) is 4. The van der Waals surface area contributed by atoms with Gasteiger partial charge in [0.05, 0.1) is 6.20 Å². The maximum Gasteiger partial charge on any atom is 0.269 e. The summed E-state index contributed by atoms with van der Waals surface area (Å²) < 4.78 is 4.07. The summed E-state index contributed by atoms with van der Waals surface area (Å²) in [6.45, 7) is 8.19. The molecule has 2 heterocycles. The van der Waals surface area contributed by atoms with Crippen molar-refractivity contribution in [2.75, 3.05) is 19.0 Å². The first-order valence-corrected chi connectivity index (χ1v) is 10.5. The van der Waals surface area contributed by atoms with E-state index in [9.17, 15) is 9.59 Å². The average molecular weight is 435 g/mol. The number of carbonyl (C=O) groups excluding carboxylic acids is 2. The topological polar surface area (TPSA) is 84.2 Å². The molecule has 2 amide bonds. The third kappa shape index (κ3) is 4.91. The van der Waals surface area contributed by atoms with Crippen LogP contribution in [-0.2, 0) is 4.79 Å². The molecule has 168 valence electrons. The summed E-state index contributed by atoms with van der Waals surface area (Å²) in [5.74, 6) is 0.182. The Balaban J connectivity index is 1.68. The first kappa shape index (κ1) is 22.9. The van der Waals surface area contributed by atoms with Crippen LogP contribution in [0, 0.1) is 13.8 Å². The van der Waals surface area contributed by atoms with E-state index >= 15 is 0 Å². The second-order valence-corrected chi connectivity index (χ2v) is 8.11. The third-order valence-electron chi connectivity index (χ3n) is 5.18. The van der Waals surface area contributed by atoms with Crippen LogP contribution in [0.2, 0.25) is 0 Å². The minimum atomic E-state index is -0.417. The van der Waals surface area contributed by atoms with Crippen molar-refractivity contribution in [1.29, 1.82) is 0 Å². The Morgan fingerprint density at radius 3 is 2.53 bits per heavy atom. The Hall–Kier alpha value is -3.81. The van der Waals surface area contributed by atoms with Crippen LogP contribution in [0.15, 0.2) is 48.7 Å². The number of aryl methyl sites for hydroxylation is 1. The van der Waals surface area contributed by atoms with Gasteiger partial charge in [0.2, 0.25) is 0 Å². The largest absolute Gasteiger partial charge is 0.378 e. The minimum Gasteiger partial charge on any atom is -0.378 e. The van der Waals surface area contributed by atoms with Crippen molar-refractivity contribution < 1.29 is 9.59 Å². The molecule has 0 atom stereocenters. The van der Waals surface area contributed by atoms with Gasteiger partial charge in [-0.3, -0.25) is 20.4 Å². The molecule has 2 aromatic heterocycles. The van der Waals surface area contributed by atoms with Crippen LogP contribution in [0.25, 0.3) is 11.9 Å². The molecule has 8 nitrogen and oxygen atoms in total.